The Balaban J connectivity index is 1.91. The number of benzene rings is 2. The predicted molar refractivity (Wildman–Crippen MR) is 90.0 cm³/mol. The third-order valence-electron chi connectivity index (χ3n) is 3.90. The van der Waals surface area contributed by atoms with Crippen LogP contribution in [-0.2, 0) is 6.42 Å². The first kappa shape index (κ1) is 14.1. The van der Waals surface area contributed by atoms with Crippen LogP contribution in [0.15, 0.2) is 54.6 Å². The quantitative estimate of drug-likeness (QED) is 0.592. The Bertz CT molecular complexity index is 759. The molecule has 2 heteroatoms. The Kier molecular flexibility index (Phi) is 3.94. The third-order valence-corrected chi connectivity index (χ3v) is 4.27. The monoisotopic (exact) mass is 295 g/mol. The van der Waals surface area contributed by atoms with Gasteiger partial charge in [0.25, 0.3) is 0 Å². The molecule has 1 nitrogen and oxygen atoms in total. The minimum atomic E-state index is -0.0418. The molecular formula is C19H18ClN. The first-order chi connectivity index (χ1) is 10.1. The summed E-state index contributed by atoms with van der Waals surface area (Å²) in [6.07, 6.45) is 0.748. The van der Waals surface area contributed by atoms with Gasteiger partial charge in [0.05, 0.1) is 10.9 Å². The van der Waals surface area contributed by atoms with Crippen molar-refractivity contribution >= 4 is 22.5 Å². The van der Waals surface area contributed by atoms with Crippen LogP contribution in [0.4, 0.5) is 0 Å². The molecule has 0 amide bonds. The Hall–Kier alpha value is -1.86. The van der Waals surface area contributed by atoms with Crippen molar-refractivity contribution in [1.29, 1.82) is 0 Å². The summed E-state index contributed by atoms with van der Waals surface area (Å²) in [7, 11) is 0. The van der Waals surface area contributed by atoms with E-state index in [1.807, 2.05) is 18.2 Å². The van der Waals surface area contributed by atoms with Crippen molar-refractivity contribution in [2.45, 2.75) is 25.6 Å². The molecule has 0 bridgehead atoms. The number of halogens is 1. The van der Waals surface area contributed by atoms with Gasteiger partial charge in [-0.05, 0) is 42.7 Å². The van der Waals surface area contributed by atoms with Crippen molar-refractivity contribution in [2.75, 3.05) is 0 Å². The van der Waals surface area contributed by atoms with Gasteiger partial charge < -0.3 is 0 Å². The van der Waals surface area contributed by atoms with Crippen LogP contribution < -0.4 is 0 Å². The van der Waals surface area contributed by atoms with Crippen LogP contribution in [0, 0.1) is 13.8 Å². The summed E-state index contributed by atoms with van der Waals surface area (Å²) in [5.74, 6) is 0. The highest BCUT2D eigenvalue weighted by Crippen LogP contribution is 2.30. The molecule has 0 aliphatic rings. The smallest absolute Gasteiger partial charge is 0.0705 e. The summed E-state index contributed by atoms with van der Waals surface area (Å²) in [6.45, 7) is 4.23. The van der Waals surface area contributed by atoms with Crippen molar-refractivity contribution in [2.24, 2.45) is 0 Å². The largest absolute Gasteiger partial charge is 0.253 e. The standard InChI is InChI=1S/C19H18ClN/c1-13-6-5-7-14(2)19(13)17(20)12-16-11-10-15-8-3-4-9-18(15)21-16/h3-11,17H,12H2,1-2H3. The topological polar surface area (TPSA) is 12.9 Å². The summed E-state index contributed by atoms with van der Waals surface area (Å²) in [5, 5.41) is 1.12. The third kappa shape index (κ3) is 2.93. The van der Waals surface area contributed by atoms with Crippen molar-refractivity contribution in [1.82, 2.24) is 4.98 Å². The van der Waals surface area contributed by atoms with Crippen LogP contribution in [0.5, 0.6) is 0 Å². The van der Waals surface area contributed by atoms with E-state index in [1.54, 1.807) is 0 Å². The highest BCUT2D eigenvalue weighted by Gasteiger charge is 2.14. The number of rotatable bonds is 3. The van der Waals surface area contributed by atoms with Gasteiger partial charge in [-0.15, -0.1) is 11.6 Å². The second-order valence-corrected chi connectivity index (χ2v) is 6.00. The molecule has 0 radical (unpaired) electrons. The van der Waals surface area contributed by atoms with Crippen molar-refractivity contribution in [3.63, 3.8) is 0 Å². The number of fused-ring (bicyclic) bond motifs is 1. The maximum absolute atomic E-state index is 6.66. The van der Waals surface area contributed by atoms with E-state index in [9.17, 15) is 0 Å². The Morgan fingerprint density at radius 3 is 2.38 bits per heavy atom. The number of para-hydroxylation sites is 1. The van der Waals surface area contributed by atoms with Crippen LogP contribution in [0.3, 0.4) is 0 Å². The fourth-order valence-electron chi connectivity index (χ4n) is 2.83. The molecule has 1 unspecified atom stereocenters. The Morgan fingerprint density at radius 1 is 0.905 bits per heavy atom. The number of aromatic nitrogens is 1. The van der Waals surface area contributed by atoms with E-state index in [1.165, 1.54) is 22.1 Å². The van der Waals surface area contributed by atoms with Crippen LogP contribution in [0.2, 0.25) is 0 Å². The minimum absolute atomic E-state index is 0.0418. The van der Waals surface area contributed by atoms with E-state index < -0.39 is 0 Å². The molecular weight excluding hydrogens is 278 g/mol. The van der Waals surface area contributed by atoms with E-state index >= 15 is 0 Å². The predicted octanol–water partition coefficient (Wildman–Crippen LogP) is 5.37. The van der Waals surface area contributed by atoms with E-state index in [0.717, 1.165) is 17.6 Å². The number of nitrogens with zero attached hydrogens (tertiary/aromatic N) is 1. The van der Waals surface area contributed by atoms with E-state index in [4.69, 9.17) is 16.6 Å². The lowest BCUT2D eigenvalue weighted by molar-refractivity contribution is 0.872. The fourth-order valence-corrected chi connectivity index (χ4v) is 3.33. The molecule has 0 saturated heterocycles. The van der Waals surface area contributed by atoms with E-state index in [2.05, 4.69) is 50.2 Å². The zero-order chi connectivity index (χ0) is 14.8. The van der Waals surface area contributed by atoms with Gasteiger partial charge in [-0.1, -0.05) is 42.5 Å². The van der Waals surface area contributed by atoms with Gasteiger partial charge >= 0.3 is 0 Å². The van der Waals surface area contributed by atoms with Crippen LogP contribution in [-0.4, -0.2) is 4.98 Å². The van der Waals surface area contributed by atoms with Gasteiger partial charge in [0, 0.05) is 17.5 Å². The Labute approximate surface area is 130 Å². The number of pyridine rings is 1. The van der Waals surface area contributed by atoms with E-state index in [0.29, 0.717) is 0 Å². The van der Waals surface area contributed by atoms with Gasteiger partial charge in [0.15, 0.2) is 0 Å². The second-order valence-electron chi connectivity index (χ2n) is 5.47. The van der Waals surface area contributed by atoms with Crippen LogP contribution in [0.1, 0.15) is 27.8 Å². The van der Waals surface area contributed by atoms with Crippen molar-refractivity contribution < 1.29 is 0 Å². The van der Waals surface area contributed by atoms with Gasteiger partial charge in [-0.25, -0.2) is 0 Å². The maximum Gasteiger partial charge on any atom is 0.0705 e. The molecule has 1 heterocycles. The van der Waals surface area contributed by atoms with Crippen molar-refractivity contribution in [3.05, 3.63) is 77.0 Å². The summed E-state index contributed by atoms with van der Waals surface area (Å²) in [6, 6.07) is 18.7. The number of aryl methyl sites for hydroxylation is 2. The highest BCUT2D eigenvalue weighted by atomic mass is 35.5. The van der Waals surface area contributed by atoms with Gasteiger partial charge in [-0.3, -0.25) is 4.98 Å². The van der Waals surface area contributed by atoms with Gasteiger partial charge in [-0.2, -0.15) is 0 Å². The SMILES string of the molecule is Cc1cccc(C)c1C(Cl)Cc1ccc2ccccc2n1. The number of hydrogen-bond donors (Lipinski definition) is 0. The van der Waals surface area contributed by atoms with Gasteiger partial charge in [0.2, 0.25) is 0 Å². The summed E-state index contributed by atoms with van der Waals surface area (Å²) < 4.78 is 0. The van der Waals surface area contributed by atoms with Crippen LogP contribution >= 0.6 is 11.6 Å². The van der Waals surface area contributed by atoms with Gasteiger partial charge in [0.1, 0.15) is 0 Å². The van der Waals surface area contributed by atoms with Crippen molar-refractivity contribution in [3.8, 4) is 0 Å². The lowest BCUT2D eigenvalue weighted by Crippen LogP contribution is -2.02. The number of hydrogen-bond acceptors (Lipinski definition) is 1. The molecule has 3 rings (SSSR count). The molecule has 0 N–H and O–H groups in total. The Morgan fingerprint density at radius 2 is 1.62 bits per heavy atom. The first-order valence-electron chi connectivity index (χ1n) is 7.20. The first-order valence-corrected chi connectivity index (χ1v) is 7.63. The molecule has 1 aromatic heterocycles. The van der Waals surface area contributed by atoms with E-state index in [-0.39, 0.29) is 5.38 Å². The molecule has 106 valence electrons. The molecule has 2 aromatic carbocycles. The second kappa shape index (κ2) is 5.87. The molecule has 0 saturated carbocycles. The summed E-state index contributed by atoms with van der Waals surface area (Å²) in [5.41, 5.74) is 5.79. The number of alkyl halides is 1. The fraction of sp³-hybridized carbons (Fsp3) is 0.211. The lowest BCUT2D eigenvalue weighted by Gasteiger charge is -2.15. The molecule has 1 atom stereocenters. The zero-order valence-electron chi connectivity index (χ0n) is 12.3. The molecule has 21 heavy (non-hydrogen) atoms. The average molecular weight is 296 g/mol. The highest BCUT2D eigenvalue weighted by molar-refractivity contribution is 6.21. The minimum Gasteiger partial charge on any atom is -0.253 e. The molecule has 0 fully saturated rings. The van der Waals surface area contributed by atoms with Crippen LogP contribution in [0.25, 0.3) is 10.9 Å². The summed E-state index contributed by atoms with van der Waals surface area (Å²) in [4.78, 5) is 4.72. The normalized spacial score (nSPS) is 12.5. The molecule has 3 aromatic rings. The molecule has 0 spiro atoms. The molecule has 0 aliphatic heterocycles. The maximum atomic E-state index is 6.66. The molecule has 0 aliphatic carbocycles. The summed E-state index contributed by atoms with van der Waals surface area (Å²) >= 11 is 6.66. The lowest BCUT2D eigenvalue weighted by atomic mass is 9.97. The average Bonchev–Trinajstić information content (AvgIpc) is 2.47. The zero-order valence-corrected chi connectivity index (χ0v) is 13.1.